The Labute approximate surface area is 303 Å². The average Bonchev–Trinajstić information content (AvgIpc) is 3.62. The van der Waals surface area contributed by atoms with E-state index in [9.17, 15) is 0 Å². The minimum Gasteiger partial charge on any atom is -0.372 e. The van der Waals surface area contributed by atoms with Gasteiger partial charge in [-0.1, -0.05) is 194 Å². The van der Waals surface area contributed by atoms with Crippen LogP contribution in [0.15, 0.2) is 91.0 Å². The molecule has 2 aliphatic rings. The van der Waals surface area contributed by atoms with Gasteiger partial charge in [0.1, 0.15) is 23.9 Å². The molecule has 0 spiro atoms. The van der Waals surface area contributed by atoms with Crippen LogP contribution >= 0.6 is 0 Å². The average molecular weight is 685 g/mol. The molecule has 5 heteroatoms. The molecule has 3 aromatic carbocycles. The molecule has 0 bridgehead atoms. The molecule has 0 amide bonds. The van der Waals surface area contributed by atoms with Crippen LogP contribution in [0, 0.1) is 0 Å². The summed E-state index contributed by atoms with van der Waals surface area (Å²) >= 11 is 0. The van der Waals surface area contributed by atoms with E-state index in [2.05, 4.69) is 79.7 Å². The first kappa shape index (κ1) is 38.7. The number of fused-ring (bicyclic) bond motifs is 1. The minimum atomic E-state index is -0.829. The van der Waals surface area contributed by atoms with Crippen LogP contribution in [0.3, 0.4) is 0 Å². The highest BCUT2D eigenvalue weighted by molar-refractivity contribution is 5.47. The van der Waals surface area contributed by atoms with Gasteiger partial charge in [-0.25, -0.2) is 0 Å². The van der Waals surface area contributed by atoms with Crippen molar-refractivity contribution in [1.29, 1.82) is 0 Å². The van der Waals surface area contributed by atoms with E-state index < -0.39 is 17.7 Å². The molecule has 0 saturated carbocycles. The molecule has 5 nitrogen and oxygen atoms in total. The zero-order valence-corrected chi connectivity index (χ0v) is 31.2. The summed E-state index contributed by atoms with van der Waals surface area (Å²) in [5, 5.41) is 0. The quantitative estimate of drug-likeness (QED) is 0.0694. The lowest BCUT2D eigenvalue weighted by Crippen LogP contribution is -2.42. The summed E-state index contributed by atoms with van der Waals surface area (Å²) in [6.07, 6.45) is 20.3. The Bertz CT molecular complexity index is 1220. The van der Waals surface area contributed by atoms with Gasteiger partial charge < -0.3 is 23.7 Å². The van der Waals surface area contributed by atoms with Crippen molar-refractivity contribution in [3.63, 3.8) is 0 Å². The molecule has 274 valence electrons. The summed E-state index contributed by atoms with van der Waals surface area (Å²) in [6, 6.07) is 31.4. The van der Waals surface area contributed by atoms with Gasteiger partial charge in [0.15, 0.2) is 12.1 Å². The van der Waals surface area contributed by atoms with Crippen LogP contribution in [0.2, 0.25) is 0 Å². The highest BCUT2D eigenvalue weighted by Crippen LogP contribution is 2.43. The van der Waals surface area contributed by atoms with Crippen LogP contribution in [0.1, 0.15) is 140 Å². The number of benzene rings is 3. The lowest BCUT2D eigenvalue weighted by atomic mass is 9.80. The van der Waals surface area contributed by atoms with Crippen molar-refractivity contribution in [3.05, 3.63) is 108 Å². The molecule has 4 atom stereocenters. The van der Waals surface area contributed by atoms with Crippen molar-refractivity contribution in [3.8, 4) is 0 Å². The smallest absolute Gasteiger partial charge is 0.190 e. The Kier molecular flexibility index (Phi) is 15.9. The first-order valence-corrected chi connectivity index (χ1v) is 20.0. The van der Waals surface area contributed by atoms with E-state index in [0.29, 0.717) is 13.2 Å². The van der Waals surface area contributed by atoms with Crippen molar-refractivity contribution in [1.82, 2.24) is 0 Å². The summed E-state index contributed by atoms with van der Waals surface area (Å²) in [5.41, 5.74) is 2.36. The van der Waals surface area contributed by atoms with Gasteiger partial charge in [-0.3, -0.25) is 0 Å². The molecule has 2 aliphatic heterocycles. The van der Waals surface area contributed by atoms with Crippen LogP contribution in [-0.2, 0) is 29.3 Å². The number of unbranched alkanes of at least 4 members (excludes halogenated alkanes) is 15. The molecule has 0 radical (unpaired) electrons. The second-order valence-corrected chi connectivity index (χ2v) is 14.9. The Morgan fingerprint density at radius 3 is 1.42 bits per heavy atom. The van der Waals surface area contributed by atoms with Gasteiger partial charge in [0.2, 0.25) is 0 Å². The fourth-order valence-electron chi connectivity index (χ4n) is 7.73. The lowest BCUT2D eigenvalue weighted by molar-refractivity contribution is -0.226. The third kappa shape index (κ3) is 11.0. The molecule has 3 aromatic rings. The maximum Gasteiger partial charge on any atom is 0.190 e. The van der Waals surface area contributed by atoms with E-state index in [1.165, 1.54) is 96.3 Å². The van der Waals surface area contributed by atoms with Gasteiger partial charge in [0, 0.05) is 6.61 Å². The molecule has 0 aromatic heterocycles. The molecule has 50 heavy (non-hydrogen) atoms. The van der Waals surface area contributed by atoms with Crippen molar-refractivity contribution in [2.75, 3.05) is 13.2 Å². The Morgan fingerprint density at radius 2 is 0.980 bits per heavy atom. The SMILES string of the molecule is CCCCCCCCCCCCCCCCCCO[C@@H]1[C@H]2OC(C)(C)O[C@H]2O[C@@H]1COC(c1ccccc1)(c1ccccc1)c1ccccc1. The molecule has 5 rings (SSSR count). The minimum absolute atomic E-state index is 0.280. The highest BCUT2D eigenvalue weighted by Gasteiger charge is 2.56. The number of hydrogen-bond donors (Lipinski definition) is 0. The van der Waals surface area contributed by atoms with Crippen molar-refractivity contribution < 1.29 is 23.7 Å². The van der Waals surface area contributed by atoms with Crippen molar-refractivity contribution in [2.45, 2.75) is 159 Å². The lowest BCUT2D eigenvalue weighted by Gasteiger charge is -2.37. The molecule has 2 fully saturated rings. The van der Waals surface area contributed by atoms with Crippen LogP contribution in [0.5, 0.6) is 0 Å². The molecular weight excluding hydrogens is 620 g/mol. The standard InChI is InChI=1S/C45H64O5/c1-4-5-6-7-8-9-10-11-12-13-14-15-16-17-18-28-35-46-41-40(48-43-42(41)49-44(2,3)50-43)36-47-45(37-29-22-19-23-30-37,38-31-24-20-25-32-38)39-33-26-21-27-34-39/h19-27,29-34,40-43H,4-18,28,35-36H2,1-3H3/t40-,41+,42-,43-/m1/s1. The topological polar surface area (TPSA) is 46.2 Å². The van der Waals surface area contributed by atoms with E-state index in [0.717, 1.165) is 23.1 Å². The summed E-state index contributed by atoms with van der Waals surface area (Å²) in [4.78, 5) is 0. The van der Waals surface area contributed by atoms with Gasteiger partial charge in [0.05, 0.1) is 6.61 Å². The fraction of sp³-hybridized carbons (Fsp3) is 0.600. The third-order valence-corrected chi connectivity index (χ3v) is 10.4. The zero-order chi connectivity index (χ0) is 34.9. The van der Waals surface area contributed by atoms with E-state index in [1.807, 2.05) is 32.0 Å². The number of rotatable bonds is 24. The van der Waals surface area contributed by atoms with Crippen LogP contribution < -0.4 is 0 Å². The second kappa shape index (κ2) is 20.5. The molecule has 0 aliphatic carbocycles. The summed E-state index contributed by atoms with van der Waals surface area (Å²) in [7, 11) is 0. The van der Waals surface area contributed by atoms with Crippen molar-refractivity contribution in [2.24, 2.45) is 0 Å². The van der Waals surface area contributed by atoms with Gasteiger partial charge in [-0.15, -0.1) is 0 Å². The maximum absolute atomic E-state index is 7.14. The summed E-state index contributed by atoms with van der Waals surface area (Å²) < 4.78 is 32.8. The Hall–Kier alpha value is -2.54. The Balaban J connectivity index is 1.11. The first-order valence-electron chi connectivity index (χ1n) is 20.0. The molecule has 0 unspecified atom stereocenters. The Morgan fingerprint density at radius 1 is 0.560 bits per heavy atom. The van der Waals surface area contributed by atoms with E-state index >= 15 is 0 Å². The predicted octanol–water partition coefficient (Wildman–Crippen LogP) is 11.5. The third-order valence-electron chi connectivity index (χ3n) is 10.4. The number of ether oxygens (including phenoxy) is 5. The zero-order valence-electron chi connectivity index (χ0n) is 31.2. The van der Waals surface area contributed by atoms with E-state index in [-0.39, 0.29) is 18.3 Å². The summed E-state index contributed by atoms with van der Waals surface area (Å²) in [5.74, 6) is -0.709. The monoisotopic (exact) mass is 684 g/mol. The van der Waals surface area contributed by atoms with Gasteiger partial charge >= 0.3 is 0 Å². The molecule has 2 saturated heterocycles. The molecule has 0 N–H and O–H groups in total. The second-order valence-electron chi connectivity index (χ2n) is 14.9. The normalized spacial score (nSPS) is 21.4. The first-order chi connectivity index (χ1) is 24.5. The van der Waals surface area contributed by atoms with Gasteiger partial charge in [-0.2, -0.15) is 0 Å². The molecular formula is C45H64O5. The largest absolute Gasteiger partial charge is 0.372 e. The highest BCUT2D eigenvalue weighted by atomic mass is 16.8. The van der Waals surface area contributed by atoms with E-state index in [1.54, 1.807) is 0 Å². The van der Waals surface area contributed by atoms with Crippen molar-refractivity contribution >= 4 is 0 Å². The van der Waals surface area contributed by atoms with E-state index in [4.69, 9.17) is 23.7 Å². The maximum atomic E-state index is 7.14. The van der Waals surface area contributed by atoms with Crippen LogP contribution in [-0.4, -0.2) is 43.6 Å². The van der Waals surface area contributed by atoms with Gasteiger partial charge in [0.25, 0.3) is 0 Å². The van der Waals surface area contributed by atoms with Crippen LogP contribution in [0.4, 0.5) is 0 Å². The predicted molar refractivity (Wildman–Crippen MR) is 203 cm³/mol. The van der Waals surface area contributed by atoms with Gasteiger partial charge in [-0.05, 0) is 37.0 Å². The van der Waals surface area contributed by atoms with Crippen LogP contribution in [0.25, 0.3) is 0 Å². The molecule has 2 heterocycles. The fourth-order valence-corrected chi connectivity index (χ4v) is 7.73. The number of hydrogen-bond acceptors (Lipinski definition) is 5. The summed E-state index contributed by atoms with van der Waals surface area (Å²) in [6.45, 7) is 7.18.